The van der Waals surface area contributed by atoms with E-state index in [-0.39, 0.29) is 54.2 Å². The third kappa shape index (κ3) is 9.03. The summed E-state index contributed by atoms with van der Waals surface area (Å²) in [5, 5.41) is 13.5. The number of ketones is 3. The third-order valence-corrected chi connectivity index (χ3v) is 11.8. The van der Waals surface area contributed by atoms with Gasteiger partial charge in [-0.3, -0.25) is 29.1 Å². The molecular formula is C46H53N7O7. The number of H-pyrrole nitrogens is 1. The fraction of sp³-hybridized carbons (Fsp3) is 0.413. The molecule has 314 valence electrons. The van der Waals surface area contributed by atoms with Gasteiger partial charge >= 0.3 is 6.03 Å². The second-order valence-corrected chi connectivity index (χ2v) is 16.7. The average Bonchev–Trinajstić information content (AvgIpc) is 3.88. The molecule has 0 saturated heterocycles. The number of fused-ring (bicyclic) bond motifs is 2. The van der Waals surface area contributed by atoms with Crippen LogP contribution in [-0.2, 0) is 28.2 Å². The van der Waals surface area contributed by atoms with Crippen molar-refractivity contribution in [3.63, 3.8) is 0 Å². The SMILES string of the molecule is CN(C)C[C@@H](NC(=O)N1Cc2c(NC(=O)c3ccc(C(=O)CCCCCCOc4cccc5c4CN(C4CCC(=O)CC4=O)C5=O)cc3)n[nH]c2C1(C)C)c1ccccc1. The lowest BCUT2D eigenvalue weighted by atomic mass is 9.92. The molecule has 3 heterocycles. The van der Waals surface area contributed by atoms with Crippen molar-refractivity contribution in [2.45, 2.75) is 95.9 Å². The van der Waals surface area contributed by atoms with E-state index in [0.717, 1.165) is 41.6 Å². The standard InChI is InChI=1S/C46H53N7O7/c1-46(2)41-35(27-53(46)45(59)47-36(28-51(3)4)29-13-8-7-9-14-29)42(50-49-41)48-43(57)31-20-18-30(19-21-31)38(55)16-10-5-6-11-24-60-40-17-12-15-33-34(40)26-52(44(33)58)37-23-22-32(54)25-39(37)56/h7-9,12-15,17-21,36-37H,5-6,10-11,16,22-28H2,1-4H3,(H,47,59)(H2,48,49,50,57)/t36-,37?/m1/s1. The maximum Gasteiger partial charge on any atom is 0.319 e. The fourth-order valence-electron chi connectivity index (χ4n) is 8.41. The van der Waals surface area contributed by atoms with Gasteiger partial charge in [-0.2, -0.15) is 5.10 Å². The van der Waals surface area contributed by atoms with Crippen LogP contribution in [0.2, 0.25) is 0 Å². The fourth-order valence-corrected chi connectivity index (χ4v) is 8.41. The number of amides is 4. The van der Waals surface area contributed by atoms with Crippen LogP contribution in [0.15, 0.2) is 72.8 Å². The quantitative estimate of drug-likeness (QED) is 0.0641. The Bertz CT molecular complexity index is 2270. The molecule has 4 aromatic rings. The molecular weight excluding hydrogens is 763 g/mol. The van der Waals surface area contributed by atoms with Gasteiger partial charge in [-0.05, 0) is 77.0 Å². The Kier molecular flexibility index (Phi) is 12.6. The first-order valence-corrected chi connectivity index (χ1v) is 20.7. The number of aromatic nitrogens is 2. The van der Waals surface area contributed by atoms with Gasteiger partial charge in [-0.25, -0.2) is 4.79 Å². The predicted molar refractivity (Wildman–Crippen MR) is 225 cm³/mol. The summed E-state index contributed by atoms with van der Waals surface area (Å²) in [5.74, 6) is 0.149. The van der Waals surface area contributed by atoms with E-state index in [1.54, 1.807) is 46.2 Å². The van der Waals surface area contributed by atoms with Crippen LogP contribution in [0.5, 0.6) is 5.75 Å². The van der Waals surface area contributed by atoms with Gasteiger partial charge < -0.3 is 30.1 Å². The Labute approximate surface area is 350 Å². The number of hydrogen-bond acceptors (Lipinski definition) is 9. The van der Waals surface area contributed by atoms with E-state index in [1.807, 2.05) is 69.2 Å². The lowest BCUT2D eigenvalue weighted by Gasteiger charge is -2.34. The number of hydrogen-bond donors (Lipinski definition) is 3. The molecule has 1 saturated carbocycles. The van der Waals surface area contributed by atoms with Crippen LogP contribution < -0.4 is 15.4 Å². The minimum Gasteiger partial charge on any atom is -0.493 e. The number of likely N-dealkylation sites (N-methyl/N-ethyl adjacent to an activating group) is 1. The monoisotopic (exact) mass is 815 g/mol. The lowest BCUT2D eigenvalue weighted by Crippen LogP contribution is -2.48. The number of nitrogens with zero attached hydrogens (tertiary/aromatic N) is 4. The Morgan fingerprint density at radius 2 is 1.63 bits per heavy atom. The van der Waals surface area contributed by atoms with Gasteiger partial charge in [-0.1, -0.05) is 61.4 Å². The molecule has 7 rings (SSSR count). The van der Waals surface area contributed by atoms with E-state index < -0.39 is 11.6 Å². The molecule has 1 unspecified atom stereocenters. The molecule has 1 aliphatic carbocycles. The van der Waals surface area contributed by atoms with E-state index in [4.69, 9.17) is 4.74 Å². The number of benzene rings is 3. The normalized spacial score (nSPS) is 17.4. The minimum atomic E-state index is -0.706. The smallest absolute Gasteiger partial charge is 0.319 e. The van der Waals surface area contributed by atoms with Crippen LogP contribution in [-0.4, -0.2) is 93.4 Å². The topological polar surface area (TPSA) is 174 Å². The molecule has 0 spiro atoms. The van der Waals surface area contributed by atoms with E-state index in [0.29, 0.717) is 73.6 Å². The van der Waals surface area contributed by atoms with Crippen LogP contribution in [0, 0.1) is 0 Å². The summed E-state index contributed by atoms with van der Waals surface area (Å²) in [6.45, 7) is 5.53. The number of unbranched alkanes of at least 4 members (excludes halogenated alkanes) is 3. The molecule has 2 atom stereocenters. The number of ether oxygens (including phenoxy) is 1. The van der Waals surface area contributed by atoms with Gasteiger partial charge in [0.25, 0.3) is 11.8 Å². The molecule has 0 radical (unpaired) electrons. The molecule has 2 aliphatic heterocycles. The summed E-state index contributed by atoms with van der Waals surface area (Å²) in [4.78, 5) is 82.7. The average molecular weight is 816 g/mol. The van der Waals surface area contributed by atoms with Gasteiger partial charge in [-0.15, -0.1) is 0 Å². The summed E-state index contributed by atoms with van der Waals surface area (Å²) in [7, 11) is 3.94. The first-order chi connectivity index (χ1) is 28.8. The second-order valence-electron chi connectivity index (χ2n) is 16.7. The van der Waals surface area contributed by atoms with Crippen molar-refractivity contribution >= 4 is 41.0 Å². The van der Waals surface area contributed by atoms with Crippen molar-refractivity contribution < 1.29 is 33.5 Å². The lowest BCUT2D eigenvalue weighted by molar-refractivity contribution is -0.133. The molecule has 3 aliphatic rings. The van der Waals surface area contributed by atoms with E-state index in [1.165, 1.54) is 0 Å². The molecule has 3 aromatic carbocycles. The number of nitrogens with one attached hydrogen (secondary N) is 3. The van der Waals surface area contributed by atoms with Crippen molar-refractivity contribution in [2.24, 2.45) is 0 Å². The molecule has 0 bridgehead atoms. The van der Waals surface area contributed by atoms with Gasteiger partial charge in [0.05, 0.1) is 49.4 Å². The molecule has 1 aromatic heterocycles. The zero-order valence-electron chi connectivity index (χ0n) is 34.7. The van der Waals surface area contributed by atoms with Crippen molar-refractivity contribution in [3.05, 3.63) is 112 Å². The largest absolute Gasteiger partial charge is 0.493 e. The van der Waals surface area contributed by atoms with Crippen LogP contribution in [0.4, 0.5) is 10.6 Å². The number of Topliss-reactive ketones (excluding diaryl/α,β-unsaturated/α-hetero) is 3. The number of carbonyl (C=O) groups is 6. The summed E-state index contributed by atoms with van der Waals surface area (Å²) in [5.41, 5.74) is 4.02. The zero-order valence-corrected chi connectivity index (χ0v) is 34.7. The molecule has 4 amide bonds. The summed E-state index contributed by atoms with van der Waals surface area (Å²) in [6.07, 6.45) is 4.12. The molecule has 1 fully saturated rings. The van der Waals surface area contributed by atoms with E-state index >= 15 is 0 Å². The summed E-state index contributed by atoms with van der Waals surface area (Å²) < 4.78 is 6.08. The van der Waals surface area contributed by atoms with E-state index in [2.05, 4.69) is 20.8 Å². The Morgan fingerprint density at radius 1 is 0.900 bits per heavy atom. The summed E-state index contributed by atoms with van der Waals surface area (Å²) in [6, 6.07) is 20.8. The second kappa shape index (κ2) is 18.0. The molecule has 14 nitrogen and oxygen atoms in total. The molecule has 3 N–H and O–H groups in total. The van der Waals surface area contributed by atoms with E-state index in [9.17, 15) is 28.8 Å². The van der Waals surface area contributed by atoms with Gasteiger partial charge in [0.1, 0.15) is 11.5 Å². The maximum atomic E-state index is 13.7. The highest BCUT2D eigenvalue weighted by Gasteiger charge is 2.45. The number of anilines is 1. The van der Waals surface area contributed by atoms with Crippen LogP contribution in [0.1, 0.15) is 125 Å². The maximum absolute atomic E-state index is 13.7. The Morgan fingerprint density at radius 3 is 2.37 bits per heavy atom. The van der Waals surface area contributed by atoms with Gasteiger partial charge in [0.2, 0.25) is 0 Å². The number of rotatable bonds is 16. The highest BCUT2D eigenvalue weighted by atomic mass is 16.5. The molecule has 60 heavy (non-hydrogen) atoms. The highest BCUT2D eigenvalue weighted by Crippen LogP contribution is 2.41. The number of urea groups is 1. The molecule has 14 heteroatoms. The number of aromatic amines is 1. The van der Waals surface area contributed by atoms with Gasteiger partial charge in [0, 0.05) is 47.2 Å². The van der Waals surface area contributed by atoms with Crippen LogP contribution >= 0.6 is 0 Å². The van der Waals surface area contributed by atoms with Gasteiger partial charge in [0.15, 0.2) is 17.4 Å². The Hall–Kier alpha value is -6.15. The summed E-state index contributed by atoms with van der Waals surface area (Å²) >= 11 is 0. The van der Waals surface area contributed by atoms with Crippen LogP contribution in [0.25, 0.3) is 0 Å². The number of carbonyl (C=O) groups excluding carboxylic acids is 6. The van der Waals surface area contributed by atoms with Crippen molar-refractivity contribution in [2.75, 3.05) is 32.6 Å². The zero-order chi connectivity index (χ0) is 42.6. The Balaban J connectivity index is 0.846. The van der Waals surface area contributed by atoms with Crippen LogP contribution in [0.3, 0.4) is 0 Å². The highest BCUT2D eigenvalue weighted by molar-refractivity contribution is 6.08. The van der Waals surface area contributed by atoms with Crippen molar-refractivity contribution in [1.82, 2.24) is 30.2 Å². The first-order valence-electron chi connectivity index (χ1n) is 20.7. The third-order valence-electron chi connectivity index (χ3n) is 11.8. The predicted octanol–water partition coefficient (Wildman–Crippen LogP) is 6.58. The van der Waals surface area contributed by atoms with Crippen molar-refractivity contribution in [1.29, 1.82) is 0 Å². The van der Waals surface area contributed by atoms with Crippen molar-refractivity contribution in [3.8, 4) is 5.75 Å². The first kappa shape index (κ1) is 42.0. The minimum absolute atomic E-state index is 0.00102.